The average molecular weight is 835 g/mol. The molecule has 4 heteroatoms. The Hall–Kier alpha value is -8.18. The van der Waals surface area contributed by atoms with E-state index in [1.165, 1.54) is 58.7 Å². The molecule has 13 aromatic rings. The Morgan fingerprint density at radius 1 is 0.344 bits per heavy atom. The lowest BCUT2D eigenvalue weighted by Gasteiger charge is -2.26. The highest BCUT2D eigenvalue weighted by Gasteiger charge is 2.18. The molecule has 0 saturated heterocycles. The minimum absolute atomic E-state index is 0.903. The van der Waals surface area contributed by atoms with Crippen LogP contribution in [0.5, 0.6) is 0 Å². The molecule has 13 rings (SSSR count). The van der Waals surface area contributed by atoms with Gasteiger partial charge in [-0.25, -0.2) is 0 Å². The van der Waals surface area contributed by atoms with Crippen LogP contribution in [0.4, 0.5) is 17.1 Å². The number of fused-ring (bicyclic) bond motifs is 9. The van der Waals surface area contributed by atoms with Crippen molar-refractivity contribution < 1.29 is 4.42 Å². The molecule has 0 radical (unpaired) electrons. The van der Waals surface area contributed by atoms with E-state index >= 15 is 0 Å². The summed E-state index contributed by atoms with van der Waals surface area (Å²) in [7, 11) is 0. The molecule has 300 valence electrons. The van der Waals surface area contributed by atoms with Gasteiger partial charge in [-0.15, -0.1) is 11.3 Å². The van der Waals surface area contributed by atoms with Crippen LogP contribution >= 0.6 is 11.3 Å². The van der Waals surface area contributed by atoms with Crippen LogP contribution in [0.25, 0.3) is 103 Å². The highest BCUT2D eigenvalue weighted by Crippen LogP contribution is 2.42. The maximum absolute atomic E-state index is 6.46. The minimum atomic E-state index is 0.903. The molecule has 64 heavy (non-hydrogen) atoms. The summed E-state index contributed by atoms with van der Waals surface area (Å²) in [5.74, 6) is 0. The largest absolute Gasteiger partial charge is 0.455 e. The van der Waals surface area contributed by atoms with Crippen molar-refractivity contribution in [2.75, 3.05) is 4.90 Å². The average Bonchev–Trinajstić information content (AvgIpc) is 4.04. The van der Waals surface area contributed by atoms with E-state index in [4.69, 9.17) is 4.42 Å². The maximum atomic E-state index is 6.46. The Kier molecular flexibility index (Phi) is 8.40. The summed E-state index contributed by atoms with van der Waals surface area (Å²) in [5, 5.41) is 7.36. The first-order valence-corrected chi connectivity index (χ1v) is 22.6. The van der Waals surface area contributed by atoms with Gasteiger partial charge in [0.05, 0.1) is 11.0 Å². The molecule has 3 aromatic heterocycles. The Balaban J connectivity index is 0.921. The third-order valence-electron chi connectivity index (χ3n) is 12.8. The zero-order valence-electron chi connectivity index (χ0n) is 34.7. The molecule has 3 heterocycles. The first kappa shape index (κ1) is 36.5. The second-order valence-corrected chi connectivity index (χ2v) is 17.6. The molecule has 0 spiro atoms. The summed E-state index contributed by atoms with van der Waals surface area (Å²) < 4.78 is 11.5. The van der Waals surface area contributed by atoms with Crippen molar-refractivity contribution in [2.45, 2.75) is 0 Å². The first-order valence-electron chi connectivity index (χ1n) is 21.7. The molecule has 0 unspecified atom stereocenters. The van der Waals surface area contributed by atoms with Gasteiger partial charge < -0.3 is 13.9 Å². The summed E-state index contributed by atoms with van der Waals surface area (Å²) >= 11 is 1.86. The summed E-state index contributed by atoms with van der Waals surface area (Å²) in [6.07, 6.45) is 0. The van der Waals surface area contributed by atoms with Gasteiger partial charge in [0.2, 0.25) is 0 Å². The second kappa shape index (κ2) is 14.7. The molecule has 0 atom stereocenters. The lowest BCUT2D eigenvalue weighted by atomic mass is 10.00. The normalized spacial score (nSPS) is 11.8. The van der Waals surface area contributed by atoms with Crippen LogP contribution in [0.15, 0.2) is 235 Å². The van der Waals surface area contributed by atoms with Crippen molar-refractivity contribution in [1.82, 2.24) is 4.57 Å². The van der Waals surface area contributed by atoms with E-state index in [2.05, 4.69) is 228 Å². The van der Waals surface area contributed by atoms with Crippen LogP contribution in [-0.2, 0) is 0 Å². The molecule has 0 aliphatic rings. The van der Waals surface area contributed by atoms with Gasteiger partial charge in [0, 0.05) is 70.0 Å². The molecule has 0 amide bonds. The van der Waals surface area contributed by atoms with Crippen molar-refractivity contribution in [1.29, 1.82) is 0 Å². The second-order valence-electron chi connectivity index (χ2n) is 16.5. The predicted molar refractivity (Wildman–Crippen MR) is 272 cm³/mol. The van der Waals surface area contributed by atoms with E-state index in [0.717, 1.165) is 61.4 Å². The molecule has 10 aromatic carbocycles. The molecule has 0 N–H and O–H groups in total. The maximum Gasteiger partial charge on any atom is 0.143 e. The number of hydrogen-bond acceptors (Lipinski definition) is 3. The van der Waals surface area contributed by atoms with Gasteiger partial charge in [-0.1, -0.05) is 140 Å². The number of thiophene rings is 1. The fourth-order valence-corrected chi connectivity index (χ4v) is 10.8. The molecular weight excluding hydrogens is 797 g/mol. The smallest absolute Gasteiger partial charge is 0.143 e. The number of benzene rings is 10. The van der Waals surface area contributed by atoms with Gasteiger partial charge in [0.25, 0.3) is 0 Å². The van der Waals surface area contributed by atoms with Crippen molar-refractivity contribution in [3.05, 3.63) is 231 Å². The minimum Gasteiger partial charge on any atom is -0.455 e. The van der Waals surface area contributed by atoms with E-state index in [1.54, 1.807) is 0 Å². The quantitative estimate of drug-likeness (QED) is 0.159. The number of nitrogens with zero attached hydrogens (tertiary/aromatic N) is 2. The van der Waals surface area contributed by atoms with E-state index in [-0.39, 0.29) is 0 Å². The van der Waals surface area contributed by atoms with E-state index in [1.807, 2.05) is 23.5 Å². The number of hydrogen-bond donors (Lipinski definition) is 0. The Morgan fingerprint density at radius 2 is 0.938 bits per heavy atom. The predicted octanol–water partition coefficient (Wildman–Crippen LogP) is 17.5. The van der Waals surface area contributed by atoms with Crippen LogP contribution in [0.1, 0.15) is 0 Å². The fraction of sp³-hybridized carbons (Fsp3) is 0. The fourth-order valence-electron chi connectivity index (χ4n) is 9.75. The van der Waals surface area contributed by atoms with Crippen LogP contribution in [0.2, 0.25) is 0 Å². The van der Waals surface area contributed by atoms with Crippen molar-refractivity contribution >= 4 is 92.3 Å². The molecule has 3 nitrogen and oxygen atoms in total. The SMILES string of the molecule is c1ccc(-n2c3ccccc3c3cc(-c4cccc(N(c5ccc(-c6ccc7sc8ccccc8c7c6)cc5)c5ccc(-c6cccc7c6oc6ccccc67)cc5)c4)ccc32)cc1. The summed E-state index contributed by atoms with van der Waals surface area (Å²) in [6, 6.07) is 83.4. The number of furan rings is 1. The van der Waals surface area contributed by atoms with Crippen LogP contribution in [0.3, 0.4) is 0 Å². The van der Waals surface area contributed by atoms with Crippen molar-refractivity contribution in [3.8, 4) is 39.1 Å². The van der Waals surface area contributed by atoms with E-state index < -0.39 is 0 Å². The third-order valence-corrected chi connectivity index (χ3v) is 14.0. The lowest BCUT2D eigenvalue weighted by Crippen LogP contribution is -2.10. The molecule has 0 aliphatic heterocycles. The van der Waals surface area contributed by atoms with Gasteiger partial charge in [-0.3, -0.25) is 0 Å². The molecule has 0 aliphatic carbocycles. The van der Waals surface area contributed by atoms with Crippen molar-refractivity contribution in [3.63, 3.8) is 0 Å². The Labute approximate surface area is 373 Å². The number of para-hydroxylation sites is 4. The summed E-state index contributed by atoms with van der Waals surface area (Å²) in [6.45, 7) is 0. The Bertz CT molecular complexity index is 3890. The third kappa shape index (κ3) is 5.95. The molecule has 0 fully saturated rings. The van der Waals surface area contributed by atoms with Gasteiger partial charge >= 0.3 is 0 Å². The zero-order chi connectivity index (χ0) is 42.1. The first-order chi connectivity index (χ1) is 31.7. The topological polar surface area (TPSA) is 21.3 Å². The zero-order valence-corrected chi connectivity index (χ0v) is 35.5. The van der Waals surface area contributed by atoms with Gasteiger partial charge in [-0.2, -0.15) is 0 Å². The number of anilines is 3. The van der Waals surface area contributed by atoms with Gasteiger partial charge in [0.15, 0.2) is 0 Å². The number of rotatable bonds is 7. The highest BCUT2D eigenvalue weighted by atomic mass is 32.1. The molecular formula is C60H38N2OS. The van der Waals surface area contributed by atoms with Gasteiger partial charge in [-0.05, 0) is 119 Å². The standard InChI is InChI=1S/C60H38N2OS/c1-2-13-44(14-3-1)62-55-21-7-4-16-49(55)53-37-43(28-34-56(53)62)41-12-10-15-47(36-41)61(45-30-24-39(25-31-45)42-29-35-59-54(38-42)51-18-6-9-23-58(51)64-59)46-32-26-40(27-33-46)48-19-11-20-52-50-17-5-8-22-57(50)63-60(48)52/h1-38H. The molecule has 0 saturated carbocycles. The van der Waals surface area contributed by atoms with E-state index in [9.17, 15) is 0 Å². The van der Waals surface area contributed by atoms with Crippen LogP contribution in [0, 0.1) is 0 Å². The highest BCUT2D eigenvalue weighted by molar-refractivity contribution is 7.25. The lowest BCUT2D eigenvalue weighted by molar-refractivity contribution is 0.670. The molecule has 0 bridgehead atoms. The van der Waals surface area contributed by atoms with E-state index in [0.29, 0.717) is 0 Å². The van der Waals surface area contributed by atoms with Gasteiger partial charge in [0.1, 0.15) is 11.2 Å². The van der Waals surface area contributed by atoms with Crippen molar-refractivity contribution in [2.24, 2.45) is 0 Å². The Morgan fingerprint density at radius 3 is 1.78 bits per heavy atom. The summed E-state index contributed by atoms with van der Waals surface area (Å²) in [4.78, 5) is 2.37. The van der Waals surface area contributed by atoms with Crippen LogP contribution in [-0.4, -0.2) is 4.57 Å². The monoisotopic (exact) mass is 834 g/mol. The van der Waals surface area contributed by atoms with Crippen LogP contribution < -0.4 is 4.90 Å². The number of aromatic nitrogens is 1. The summed E-state index contributed by atoms with van der Waals surface area (Å²) in [5.41, 5.74) is 15.5.